The van der Waals surface area contributed by atoms with Crippen LogP contribution in [-0.4, -0.2) is 71.9 Å². The number of piperazine rings is 1. The van der Waals surface area contributed by atoms with Gasteiger partial charge in [-0.3, -0.25) is 9.48 Å². The van der Waals surface area contributed by atoms with Gasteiger partial charge in [-0.05, 0) is 25.5 Å². The van der Waals surface area contributed by atoms with Crippen molar-refractivity contribution in [1.82, 2.24) is 19.6 Å². The number of nitrogens with zero attached hydrogens (tertiary/aromatic N) is 4. The summed E-state index contributed by atoms with van der Waals surface area (Å²) in [5.74, 6) is 1.97. The summed E-state index contributed by atoms with van der Waals surface area (Å²) in [6, 6.07) is 8.17. The van der Waals surface area contributed by atoms with Gasteiger partial charge in [0.15, 0.2) is 0 Å². The predicted octanol–water partition coefficient (Wildman–Crippen LogP) is 3.03. The first kappa shape index (κ1) is 21.8. The molecule has 2 aromatic rings. The molecule has 1 fully saturated rings. The van der Waals surface area contributed by atoms with Crippen molar-refractivity contribution in [1.29, 1.82) is 0 Å². The number of anilines is 1. The number of carbonyl (C=O) groups is 1. The van der Waals surface area contributed by atoms with Crippen molar-refractivity contribution in [2.24, 2.45) is 7.05 Å². The summed E-state index contributed by atoms with van der Waals surface area (Å²) < 4.78 is 8.06. The molecule has 0 saturated carbocycles. The van der Waals surface area contributed by atoms with Crippen molar-refractivity contribution in [3.63, 3.8) is 0 Å². The number of fused-ring (bicyclic) bond motifs is 1. The van der Waals surface area contributed by atoms with Gasteiger partial charge in [0.05, 0.1) is 12.3 Å². The average molecular weight is 426 g/mol. The Morgan fingerprint density at radius 3 is 2.65 bits per heavy atom. The summed E-state index contributed by atoms with van der Waals surface area (Å²) in [6.07, 6.45) is 1.42. The van der Waals surface area contributed by atoms with Gasteiger partial charge in [0.1, 0.15) is 11.6 Å². The van der Waals surface area contributed by atoms with E-state index < -0.39 is 0 Å². The molecule has 7 nitrogen and oxygen atoms in total. The van der Waals surface area contributed by atoms with E-state index in [1.807, 2.05) is 25.2 Å². The average Bonchev–Trinajstić information content (AvgIpc) is 3.09. The van der Waals surface area contributed by atoms with Crippen LogP contribution < -0.4 is 10.1 Å². The van der Waals surface area contributed by atoms with Crippen molar-refractivity contribution in [3.8, 4) is 5.75 Å². The van der Waals surface area contributed by atoms with Gasteiger partial charge in [-0.25, -0.2) is 0 Å². The molecule has 0 spiro atoms. The molecule has 1 saturated heterocycles. The molecule has 2 aliphatic heterocycles. The van der Waals surface area contributed by atoms with Gasteiger partial charge in [0, 0.05) is 63.2 Å². The number of aryl methyl sites for hydroxylation is 1. The minimum absolute atomic E-state index is 0.0284. The summed E-state index contributed by atoms with van der Waals surface area (Å²) in [4.78, 5) is 17.4. The minimum Gasteiger partial charge on any atom is -0.493 e. The molecule has 168 valence electrons. The fourth-order valence-corrected chi connectivity index (χ4v) is 4.66. The zero-order chi connectivity index (χ0) is 22.0. The van der Waals surface area contributed by atoms with E-state index in [1.165, 1.54) is 0 Å². The predicted molar refractivity (Wildman–Crippen MR) is 123 cm³/mol. The van der Waals surface area contributed by atoms with E-state index in [1.54, 1.807) is 4.68 Å². The number of para-hydroxylation sites is 1. The third-order valence-corrected chi connectivity index (χ3v) is 6.42. The number of hydrogen-bond acceptors (Lipinski definition) is 5. The molecule has 4 rings (SSSR count). The first-order chi connectivity index (χ1) is 14.9. The molecule has 0 aliphatic carbocycles. The van der Waals surface area contributed by atoms with Crippen LogP contribution in [0.1, 0.15) is 55.3 Å². The maximum absolute atomic E-state index is 12.5. The Labute approximate surface area is 185 Å². The first-order valence-electron chi connectivity index (χ1n) is 11.4. The molecule has 1 N–H and O–H groups in total. The van der Waals surface area contributed by atoms with Gasteiger partial charge in [-0.2, -0.15) is 5.10 Å². The molecule has 0 radical (unpaired) electrons. The summed E-state index contributed by atoms with van der Waals surface area (Å²) in [7, 11) is 4.08. The number of ether oxygens (including phenoxy) is 1. The quantitative estimate of drug-likeness (QED) is 0.691. The van der Waals surface area contributed by atoms with Crippen LogP contribution in [0.4, 0.5) is 5.82 Å². The number of rotatable bonds is 7. The second-order valence-corrected chi connectivity index (χ2v) is 9.12. The number of aromatic nitrogens is 2. The lowest BCUT2D eigenvalue weighted by Crippen LogP contribution is -2.44. The van der Waals surface area contributed by atoms with Crippen molar-refractivity contribution in [2.75, 3.05) is 51.7 Å². The lowest BCUT2D eigenvalue weighted by Gasteiger charge is -2.32. The van der Waals surface area contributed by atoms with E-state index in [-0.39, 0.29) is 17.7 Å². The topological polar surface area (TPSA) is 62.6 Å². The van der Waals surface area contributed by atoms with Gasteiger partial charge in [0.2, 0.25) is 5.91 Å². The summed E-state index contributed by atoms with van der Waals surface area (Å²) in [6.45, 7) is 10.6. The molecule has 7 heteroatoms. The minimum atomic E-state index is -0.0383. The molecule has 1 aromatic heterocycles. The third kappa shape index (κ3) is 4.77. The number of hydrogen-bond donors (Lipinski definition) is 1. The smallest absolute Gasteiger partial charge is 0.226 e. The summed E-state index contributed by atoms with van der Waals surface area (Å²) in [5, 5.41) is 7.74. The van der Waals surface area contributed by atoms with Crippen LogP contribution in [0.3, 0.4) is 0 Å². The molecule has 1 aromatic carbocycles. The second-order valence-electron chi connectivity index (χ2n) is 9.12. The first-order valence-corrected chi connectivity index (χ1v) is 11.4. The van der Waals surface area contributed by atoms with Crippen LogP contribution in [-0.2, 0) is 11.8 Å². The molecule has 0 bridgehead atoms. The second kappa shape index (κ2) is 9.40. The Morgan fingerprint density at radius 1 is 1.16 bits per heavy atom. The molecule has 3 heterocycles. The highest BCUT2D eigenvalue weighted by atomic mass is 16.5. The Hall–Kier alpha value is -2.38. The fourth-order valence-electron chi connectivity index (χ4n) is 4.66. The monoisotopic (exact) mass is 425 g/mol. The SMILES string of the molecule is CC(C)c1nn(C)c2c1C(c1ccccc1OCCCN1CCN(C)CC1)CC(=O)N2. The van der Waals surface area contributed by atoms with Crippen LogP contribution in [0.25, 0.3) is 0 Å². The number of amides is 1. The molecule has 1 unspecified atom stereocenters. The summed E-state index contributed by atoms with van der Waals surface area (Å²) >= 11 is 0. The molecule has 2 aliphatic rings. The van der Waals surface area contributed by atoms with Crippen LogP contribution >= 0.6 is 0 Å². The Morgan fingerprint density at radius 2 is 1.90 bits per heavy atom. The number of nitrogens with one attached hydrogen (secondary N) is 1. The largest absolute Gasteiger partial charge is 0.493 e. The molecular formula is C24H35N5O2. The van der Waals surface area contributed by atoms with Gasteiger partial charge in [-0.1, -0.05) is 32.0 Å². The highest BCUT2D eigenvalue weighted by Gasteiger charge is 2.34. The van der Waals surface area contributed by atoms with Crippen LogP contribution in [0.2, 0.25) is 0 Å². The Kier molecular flexibility index (Phi) is 6.62. The van der Waals surface area contributed by atoms with Crippen molar-refractivity contribution in [3.05, 3.63) is 41.1 Å². The Bertz CT molecular complexity index is 915. The lowest BCUT2D eigenvalue weighted by atomic mass is 9.83. The Balaban J connectivity index is 1.49. The van der Waals surface area contributed by atoms with E-state index in [9.17, 15) is 4.79 Å². The lowest BCUT2D eigenvalue weighted by molar-refractivity contribution is -0.116. The number of benzene rings is 1. The zero-order valence-corrected chi connectivity index (χ0v) is 19.2. The van der Waals surface area contributed by atoms with Crippen molar-refractivity contribution >= 4 is 11.7 Å². The maximum atomic E-state index is 12.5. The van der Waals surface area contributed by atoms with Crippen LogP contribution in [0.15, 0.2) is 24.3 Å². The zero-order valence-electron chi connectivity index (χ0n) is 19.2. The molecule has 31 heavy (non-hydrogen) atoms. The van der Waals surface area contributed by atoms with Crippen LogP contribution in [0.5, 0.6) is 5.75 Å². The van der Waals surface area contributed by atoms with E-state index in [0.717, 1.165) is 67.5 Å². The van der Waals surface area contributed by atoms with Gasteiger partial charge in [0.25, 0.3) is 0 Å². The third-order valence-electron chi connectivity index (χ3n) is 6.42. The van der Waals surface area contributed by atoms with E-state index in [4.69, 9.17) is 9.84 Å². The van der Waals surface area contributed by atoms with Crippen LogP contribution in [0, 0.1) is 0 Å². The number of likely N-dealkylation sites (N-methyl/N-ethyl adjacent to an activating group) is 1. The van der Waals surface area contributed by atoms with E-state index in [2.05, 4.69) is 42.1 Å². The van der Waals surface area contributed by atoms with Gasteiger partial charge >= 0.3 is 0 Å². The molecule has 1 atom stereocenters. The maximum Gasteiger partial charge on any atom is 0.226 e. The number of carbonyl (C=O) groups excluding carboxylic acids is 1. The molecular weight excluding hydrogens is 390 g/mol. The van der Waals surface area contributed by atoms with Gasteiger partial charge < -0.3 is 19.9 Å². The standard InChI is InChI=1S/C24H35N5O2/c1-17(2)23-22-19(16-21(30)25-24(22)28(4)26-23)18-8-5-6-9-20(18)31-15-7-10-29-13-11-27(3)12-14-29/h5-6,8-9,17,19H,7,10-16H2,1-4H3,(H,25,30). The van der Waals surface area contributed by atoms with E-state index in [0.29, 0.717) is 13.0 Å². The normalized spacial score (nSPS) is 20.0. The van der Waals surface area contributed by atoms with Crippen molar-refractivity contribution in [2.45, 2.75) is 38.5 Å². The highest BCUT2D eigenvalue weighted by Crippen LogP contribution is 2.43. The van der Waals surface area contributed by atoms with E-state index >= 15 is 0 Å². The summed E-state index contributed by atoms with van der Waals surface area (Å²) in [5.41, 5.74) is 3.26. The fraction of sp³-hybridized carbons (Fsp3) is 0.583. The van der Waals surface area contributed by atoms with Gasteiger partial charge in [-0.15, -0.1) is 0 Å². The molecule has 1 amide bonds. The highest BCUT2D eigenvalue weighted by molar-refractivity contribution is 5.94. The van der Waals surface area contributed by atoms with Crippen molar-refractivity contribution < 1.29 is 9.53 Å².